The molecule has 34 heavy (non-hydrogen) atoms. The number of aromatic nitrogens is 2. The van der Waals surface area contributed by atoms with Gasteiger partial charge in [-0.15, -0.1) is 0 Å². The fraction of sp³-hybridized carbons (Fsp3) is 0.333. The lowest BCUT2D eigenvalue weighted by Gasteiger charge is -2.23. The van der Waals surface area contributed by atoms with Crippen LogP contribution in [0.5, 0.6) is 11.5 Å². The average molecular weight is 473 g/mol. The molecule has 0 saturated heterocycles. The standard InChI is InChI=1S/C24H22F3N3O4/c1-24(27)33-18-9-8-15(11-19(18)34-24)28-23(32)13-4-2-6-16(10-13)30-21-14(12-31)5-3-7-17(21)20(29-30)22(25)26/h2,4,6,8-11,14,22,31H,3,5,7,12H2,1H3,(H,28,32). The quantitative estimate of drug-likeness (QED) is 0.551. The van der Waals surface area contributed by atoms with Gasteiger partial charge in [0.05, 0.1) is 18.0 Å². The fourth-order valence-electron chi connectivity index (χ4n) is 4.51. The third-order valence-electron chi connectivity index (χ3n) is 5.99. The molecule has 0 spiro atoms. The monoisotopic (exact) mass is 473 g/mol. The molecule has 0 saturated carbocycles. The first-order chi connectivity index (χ1) is 16.3. The predicted octanol–water partition coefficient (Wildman–Crippen LogP) is 4.89. The van der Waals surface area contributed by atoms with Crippen molar-refractivity contribution < 1.29 is 32.5 Å². The number of aliphatic hydroxyl groups is 1. The van der Waals surface area contributed by atoms with Gasteiger partial charge in [-0.2, -0.15) is 9.49 Å². The van der Waals surface area contributed by atoms with E-state index in [0.29, 0.717) is 41.9 Å². The zero-order valence-corrected chi connectivity index (χ0v) is 18.2. The van der Waals surface area contributed by atoms with E-state index in [-0.39, 0.29) is 35.3 Å². The number of alkyl halides is 3. The summed E-state index contributed by atoms with van der Waals surface area (Å²) in [6, 6.07) is 8.65. The number of hydrogen-bond donors (Lipinski definition) is 2. The maximum atomic E-state index is 13.9. The fourth-order valence-corrected chi connectivity index (χ4v) is 4.51. The SMILES string of the molecule is CC1(F)Oc2ccc(NC(=O)c3cccc(-n4nc(C(F)F)c5c4C(CO)CCC5)c3)cc2O1. The Morgan fingerprint density at radius 1 is 1.26 bits per heavy atom. The first-order valence-corrected chi connectivity index (χ1v) is 10.9. The van der Waals surface area contributed by atoms with Crippen LogP contribution in [0.3, 0.4) is 0 Å². The molecule has 2 aromatic carbocycles. The lowest BCUT2D eigenvalue weighted by Crippen LogP contribution is -2.27. The lowest BCUT2D eigenvalue weighted by molar-refractivity contribution is -0.173. The van der Waals surface area contributed by atoms with E-state index in [0.717, 1.165) is 6.92 Å². The highest BCUT2D eigenvalue weighted by atomic mass is 19.3. The molecule has 3 aromatic rings. The number of nitrogens with one attached hydrogen (secondary N) is 1. The highest BCUT2D eigenvalue weighted by Gasteiger charge is 2.37. The maximum absolute atomic E-state index is 13.9. The first-order valence-electron chi connectivity index (χ1n) is 10.9. The van der Waals surface area contributed by atoms with Crippen molar-refractivity contribution in [3.8, 4) is 17.2 Å². The summed E-state index contributed by atoms with van der Waals surface area (Å²) in [5.41, 5.74) is 1.82. The van der Waals surface area contributed by atoms with Crippen molar-refractivity contribution in [2.75, 3.05) is 11.9 Å². The molecule has 2 N–H and O–H groups in total. The molecule has 0 bridgehead atoms. The highest BCUT2D eigenvalue weighted by Crippen LogP contribution is 2.41. The lowest BCUT2D eigenvalue weighted by atomic mass is 9.87. The Balaban J connectivity index is 1.45. The largest absolute Gasteiger partial charge is 0.423 e. The average Bonchev–Trinajstić information content (AvgIpc) is 3.35. The van der Waals surface area contributed by atoms with E-state index in [9.17, 15) is 23.1 Å². The van der Waals surface area contributed by atoms with E-state index in [1.165, 1.54) is 16.8 Å². The molecule has 1 aliphatic carbocycles. The van der Waals surface area contributed by atoms with Crippen LogP contribution in [-0.2, 0) is 6.42 Å². The number of carbonyl (C=O) groups excluding carboxylic acids is 1. The smallest absolute Gasteiger partial charge is 0.404 e. The van der Waals surface area contributed by atoms with Crippen LogP contribution in [0.1, 0.15) is 59.4 Å². The van der Waals surface area contributed by atoms with Crippen molar-refractivity contribution >= 4 is 11.6 Å². The Morgan fingerprint density at radius 2 is 2.06 bits per heavy atom. The van der Waals surface area contributed by atoms with Crippen molar-refractivity contribution in [2.45, 2.75) is 44.6 Å². The van der Waals surface area contributed by atoms with Gasteiger partial charge in [0, 0.05) is 35.7 Å². The van der Waals surface area contributed by atoms with Crippen LogP contribution in [0.15, 0.2) is 42.5 Å². The van der Waals surface area contributed by atoms with Gasteiger partial charge >= 0.3 is 6.04 Å². The second-order valence-electron chi connectivity index (χ2n) is 8.44. The van der Waals surface area contributed by atoms with Gasteiger partial charge in [-0.1, -0.05) is 6.07 Å². The molecule has 2 unspecified atom stereocenters. The zero-order chi connectivity index (χ0) is 24.0. The van der Waals surface area contributed by atoms with Gasteiger partial charge in [-0.25, -0.2) is 13.5 Å². The summed E-state index contributed by atoms with van der Waals surface area (Å²) >= 11 is 0. The number of hydrogen-bond acceptors (Lipinski definition) is 5. The summed E-state index contributed by atoms with van der Waals surface area (Å²) in [6.07, 6.45) is -0.909. The van der Waals surface area contributed by atoms with E-state index < -0.39 is 18.4 Å². The van der Waals surface area contributed by atoms with Gasteiger partial charge in [0.1, 0.15) is 5.69 Å². The summed E-state index contributed by atoms with van der Waals surface area (Å²) in [4.78, 5) is 12.9. The van der Waals surface area contributed by atoms with Crippen LogP contribution in [-0.4, -0.2) is 33.4 Å². The van der Waals surface area contributed by atoms with E-state index in [4.69, 9.17) is 9.47 Å². The molecule has 0 fully saturated rings. The van der Waals surface area contributed by atoms with Crippen LogP contribution in [0.4, 0.5) is 18.9 Å². The van der Waals surface area contributed by atoms with Gasteiger partial charge < -0.3 is 19.9 Å². The molecule has 2 aliphatic rings. The number of ether oxygens (including phenoxy) is 2. The molecule has 2 heterocycles. The number of benzene rings is 2. The second-order valence-corrected chi connectivity index (χ2v) is 8.44. The Hall–Kier alpha value is -3.53. The Bertz CT molecular complexity index is 1260. The third kappa shape index (κ3) is 3.98. The van der Waals surface area contributed by atoms with Crippen LogP contribution in [0.2, 0.25) is 0 Å². The highest BCUT2D eigenvalue weighted by molar-refractivity contribution is 6.04. The van der Waals surface area contributed by atoms with Crippen molar-refractivity contribution in [1.29, 1.82) is 0 Å². The van der Waals surface area contributed by atoms with E-state index in [1.54, 1.807) is 30.3 Å². The molecule has 1 amide bonds. The molecule has 2 atom stereocenters. The van der Waals surface area contributed by atoms with Gasteiger partial charge in [0.25, 0.3) is 12.3 Å². The molecule has 1 aromatic heterocycles. The number of rotatable bonds is 5. The molecule has 7 nitrogen and oxygen atoms in total. The van der Waals surface area contributed by atoms with Crippen molar-refractivity contribution in [3.05, 3.63) is 65.0 Å². The normalized spacial score (nSPS) is 20.9. The number of halogens is 3. The minimum atomic E-state index is -2.74. The molecule has 5 rings (SSSR count). The second kappa shape index (κ2) is 8.35. The van der Waals surface area contributed by atoms with Gasteiger partial charge in [0.2, 0.25) is 0 Å². The van der Waals surface area contributed by atoms with Crippen molar-refractivity contribution in [3.63, 3.8) is 0 Å². The minimum Gasteiger partial charge on any atom is -0.423 e. The topological polar surface area (TPSA) is 85.6 Å². The number of fused-ring (bicyclic) bond motifs is 2. The number of nitrogens with zero attached hydrogens (tertiary/aromatic N) is 2. The van der Waals surface area contributed by atoms with E-state index >= 15 is 0 Å². The summed E-state index contributed by atoms with van der Waals surface area (Å²) < 4.78 is 52.7. The number of aliphatic hydroxyl groups excluding tert-OH is 1. The maximum Gasteiger partial charge on any atom is 0.404 e. The molecular formula is C24H22F3N3O4. The molecule has 178 valence electrons. The summed E-state index contributed by atoms with van der Waals surface area (Å²) in [5.74, 6) is -0.385. The molecule has 10 heteroatoms. The summed E-state index contributed by atoms with van der Waals surface area (Å²) in [6.45, 7) is 0.954. The minimum absolute atomic E-state index is 0.161. The van der Waals surface area contributed by atoms with Gasteiger partial charge in [-0.3, -0.25) is 4.79 Å². The van der Waals surface area contributed by atoms with Gasteiger partial charge in [0.15, 0.2) is 11.5 Å². The van der Waals surface area contributed by atoms with Crippen molar-refractivity contribution in [2.24, 2.45) is 0 Å². The van der Waals surface area contributed by atoms with Crippen LogP contribution in [0, 0.1) is 0 Å². The third-order valence-corrected chi connectivity index (χ3v) is 5.99. The Kier molecular flexibility index (Phi) is 5.47. The Morgan fingerprint density at radius 3 is 2.82 bits per heavy atom. The van der Waals surface area contributed by atoms with Crippen LogP contribution >= 0.6 is 0 Å². The van der Waals surface area contributed by atoms with E-state index in [1.807, 2.05) is 0 Å². The molecular weight excluding hydrogens is 451 g/mol. The predicted molar refractivity (Wildman–Crippen MR) is 116 cm³/mol. The zero-order valence-electron chi connectivity index (χ0n) is 18.2. The first kappa shape index (κ1) is 22.3. The van der Waals surface area contributed by atoms with Crippen molar-refractivity contribution in [1.82, 2.24) is 9.78 Å². The summed E-state index contributed by atoms with van der Waals surface area (Å²) in [7, 11) is 0. The Labute approximate surface area is 193 Å². The van der Waals surface area contributed by atoms with E-state index in [2.05, 4.69) is 10.4 Å². The molecule has 1 aliphatic heterocycles. The molecule has 0 radical (unpaired) electrons. The summed E-state index contributed by atoms with van der Waals surface area (Å²) in [5, 5.41) is 16.7. The van der Waals surface area contributed by atoms with Crippen LogP contribution in [0.25, 0.3) is 5.69 Å². The van der Waals surface area contributed by atoms with Gasteiger partial charge in [-0.05, 0) is 49.6 Å². The number of amides is 1. The number of anilines is 1. The number of carbonyl (C=O) groups is 1. The van der Waals surface area contributed by atoms with Crippen LogP contribution < -0.4 is 14.8 Å².